The SMILES string of the molecule is CCNC(C)(CCCn1cc(Cl)cn1)C(=O)OC. The van der Waals surface area contributed by atoms with Gasteiger partial charge in [-0.3, -0.25) is 9.48 Å². The number of hydrogen-bond acceptors (Lipinski definition) is 4. The Bertz CT molecular complexity index is 394. The van der Waals surface area contributed by atoms with Gasteiger partial charge in [0.15, 0.2) is 0 Å². The van der Waals surface area contributed by atoms with Crippen LogP contribution >= 0.6 is 11.6 Å². The van der Waals surface area contributed by atoms with Crippen LogP contribution in [0.3, 0.4) is 0 Å². The minimum Gasteiger partial charge on any atom is -0.468 e. The Balaban J connectivity index is 2.49. The van der Waals surface area contributed by atoms with Gasteiger partial charge in [-0.15, -0.1) is 0 Å². The van der Waals surface area contributed by atoms with Crippen molar-refractivity contribution in [3.8, 4) is 0 Å². The van der Waals surface area contributed by atoms with E-state index in [1.807, 2.05) is 13.8 Å². The van der Waals surface area contributed by atoms with Gasteiger partial charge >= 0.3 is 5.97 Å². The molecule has 0 saturated carbocycles. The van der Waals surface area contributed by atoms with Crippen LogP contribution in [0.1, 0.15) is 26.7 Å². The molecular weight excluding hydrogens is 254 g/mol. The van der Waals surface area contributed by atoms with Gasteiger partial charge in [-0.2, -0.15) is 5.10 Å². The van der Waals surface area contributed by atoms with Crippen molar-refractivity contribution in [1.82, 2.24) is 15.1 Å². The normalized spacial score (nSPS) is 14.2. The number of carbonyl (C=O) groups is 1. The number of rotatable bonds is 7. The number of aromatic nitrogens is 2. The second-order valence-corrected chi connectivity index (χ2v) is 4.82. The Morgan fingerprint density at radius 3 is 2.89 bits per heavy atom. The van der Waals surface area contributed by atoms with E-state index in [1.165, 1.54) is 7.11 Å². The lowest BCUT2D eigenvalue weighted by atomic mass is 9.96. The zero-order chi connectivity index (χ0) is 13.6. The molecule has 1 heterocycles. The first kappa shape index (κ1) is 15.0. The van der Waals surface area contributed by atoms with Crippen LogP contribution in [-0.2, 0) is 16.1 Å². The number of nitrogens with one attached hydrogen (secondary N) is 1. The molecule has 0 radical (unpaired) electrons. The molecule has 0 aromatic carbocycles. The van der Waals surface area contributed by atoms with Crippen molar-refractivity contribution in [3.63, 3.8) is 0 Å². The largest absolute Gasteiger partial charge is 0.468 e. The Labute approximate surface area is 112 Å². The molecule has 1 unspecified atom stereocenters. The molecule has 1 N–H and O–H groups in total. The quantitative estimate of drug-likeness (QED) is 0.771. The average molecular weight is 274 g/mol. The molecule has 0 saturated heterocycles. The lowest BCUT2D eigenvalue weighted by Gasteiger charge is -2.27. The van der Waals surface area contributed by atoms with Crippen molar-refractivity contribution in [2.45, 2.75) is 38.8 Å². The Hall–Kier alpha value is -1.07. The zero-order valence-electron chi connectivity index (χ0n) is 11.1. The highest BCUT2D eigenvalue weighted by atomic mass is 35.5. The summed E-state index contributed by atoms with van der Waals surface area (Å²) < 4.78 is 6.60. The number of nitrogens with zero attached hydrogens (tertiary/aromatic N) is 2. The first-order chi connectivity index (χ1) is 8.51. The number of carbonyl (C=O) groups excluding carboxylic acids is 1. The number of hydrogen-bond donors (Lipinski definition) is 1. The van der Waals surface area contributed by atoms with Gasteiger partial charge in [0.1, 0.15) is 5.54 Å². The van der Waals surface area contributed by atoms with Gasteiger partial charge in [-0.25, -0.2) is 0 Å². The van der Waals surface area contributed by atoms with Crippen LogP contribution in [0.5, 0.6) is 0 Å². The van der Waals surface area contributed by atoms with Crippen LogP contribution in [0.4, 0.5) is 0 Å². The summed E-state index contributed by atoms with van der Waals surface area (Å²) in [6, 6.07) is 0. The molecule has 0 aliphatic carbocycles. The maximum atomic E-state index is 11.7. The fraction of sp³-hybridized carbons (Fsp3) is 0.667. The van der Waals surface area contributed by atoms with E-state index in [0.29, 0.717) is 11.4 Å². The van der Waals surface area contributed by atoms with Gasteiger partial charge < -0.3 is 10.1 Å². The molecule has 18 heavy (non-hydrogen) atoms. The molecule has 0 bridgehead atoms. The summed E-state index contributed by atoms with van der Waals surface area (Å²) in [4.78, 5) is 11.7. The number of esters is 1. The first-order valence-corrected chi connectivity index (χ1v) is 6.41. The van der Waals surface area contributed by atoms with Crippen LogP contribution in [-0.4, -0.2) is 34.9 Å². The fourth-order valence-electron chi connectivity index (χ4n) is 1.93. The van der Waals surface area contributed by atoms with E-state index in [-0.39, 0.29) is 5.97 Å². The molecule has 0 fully saturated rings. The number of likely N-dealkylation sites (N-methyl/N-ethyl adjacent to an activating group) is 1. The average Bonchev–Trinajstić information content (AvgIpc) is 2.74. The Kier molecular flexibility index (Phi) is 5.62. The standard InChI is InChI=1S/C12H20ClN3O2/c1-4-14-12(2,11(17)18-3)6-5-7-16-9-10(13)8-15-16/h8-9,14H,4-7H2,1-3H3. The lowest BCUT2D eigenvalue weighted by Crippen LogP contribution is -2.50. The lowest BCUT2D eigenvalue weighted by molar-refractivity contribution is -0.148. The van der Waals surface area contributed by atoms with E-state index in [2.05, 4.69) is 10.4 Å². The maximum absolute atomic E-state index is 11.7. The van der Waals surface area contributed by atoms with Crippen LogP contribution < -0.4 is 5.32 Å². The summed E-state index contributed by atoms with van der Waals surface area (Å²) in [7, 11) is 1.41. The van der Waals surface area contributed by atoms with Crippen LogP contribution in [0.25, 0.3) is 0 Å². The molecule has 0 spiro atoms. The summed E-state index contributed by atoms with van der Waals surface area (Å²) in [6.07, 6.45) is 4.87. The number of aryl methyl sites for hydroxylation is 1. The van der Waals surface area contributed by atoms with Crippen molar-refractivity contribution < 1.29 is 9.53 Å². The number of halogens is 1. The molecule has 0 aliphatic rings. The highest BCUT2D eigenvalue weighted by Crippen LogP contribution is 2.15. The van der Waals surface area contributed by atoms with Crippen molar-refractivity contribution in [1.29, 1.82) is 0 Å². The predicted octanol–water partition coefficient (Wildman–Crippen LogP) is 1.86. The third-order valence-corrected chi connectivity index (χ3v) is 3.06. The molecule has 1 rings (SSSR count). The van der Waals surface area contributed by atoms with Gasteiger partial charge in [0.25, 0.3) is 0 Å². The molecule has 0 aliphatic heterocycles. The molecule has 1 aromatic heterocycles. The molecule has 1 atom stereocenters. The van der Waals surface area contributed by atoms with Crippen LogP contribution in [0.15, 0.2) is 12.4 Å². The predicted molar refractivity (Wildman–Crippen MR) is 70.6 cm³/mol. The smallest absolute Gasteiger partial charge is 0.325 e. The van der Waals surface area contributed by atoms with Gasteiger partial charge in [0, 0.05) is 12.7 Å². The zero-order valence-corrected chi connectivity index (χ0v) is 11.8. The van der Waals surface area contributed by atoms with Gasteiger partial charge in [0.05, 0.1) is 18.3 Å². The van der Waals surface area contributed by atoms with Crippen molar-refractivity contribution >= 4 is 17.6 Å². The monoisotopic (exact) mass is 273 g/mol. The molecule has 102 valence electrons. The third-order valence-electron chi connectivity index (χ3n) is 2.87. The van der Waals surface area contributed by atoms with E-state index in [0.717, 1.165) is 19.5 Å². The van der Waals surface area contributed by atoms with E-state index in [4.69, 9.17) is 16.3 Å². The topological polar surface area (TPSA) is 56.2 Å². The first-order valence-electron chi connectivity index (χ1n) is 6.03. The second-order valence-electron chi connectivity index (χ2n) is 4.38. The summed E-state index contributed by atoms with van der Waals surface area (Å²) >= 11 is 5.78. The molecule has 5 nitrogen and oxygen atoms in total. The van der Waals surface area contributed by atoms with Crippen molar-refractivity contribution in [2.75, 3.05) is 13.7 Å². The Morgan fingerprint density at radius 2 is 2.39 bits per heavy atom. The second kappa shape index (κ2) is 6.75. The van der Waals surface area contributed by atoms with Crippen molar-refractivity contribution in [2.24, 2.45) is 0 Å². The van der Waals surface area contributed by atoms with Crippen LogP contribution in [0.2, 0.25) is 5.02 Å². The van der Waals surface area contributed by atoms with E-state index in [9.17, 15) is 4.79 Å². The fourth-order valence-corrected chi connectivity index (χ4v) is 2.09. The highest BCUT2D eigenvalue weighted by molar-refractivity contribution is 6.30. The number of ether oxygens (including phenoxy) is 1. The molecule has 1 aromatic rings. The summed E-state index contributed by atoms with van der Waals surface area (Å²) in [5, 5.41) is 7.89. The summed E-state index contributed by atoms with van der Waals surface area (Å²) in [6.45, 7) is 5.27. The van der Waals surface area contributed by atoms with Gasteiger partial charge in [0.2, 0.25) is 0 Å². The van der Waals surface area contributed by atoms with E-state index < -0.39 is 5.54 Å². The van der Waals surface area contributed by atoms with Gasteiger partial charge in [-0.1, -0.05) is 18.5 Å². The van der Waals surface area contributed by atoms with Crippen LogP contribution in [0, 0.1) is 0 Å². The number of methoxy groups -OCH3 is 1. The minimum absolute atomic E-state index is 0.233. The molecule has 6 heteroatoms. The van der Waals surface area contributed by atoms with Crippen molar-refractivity contribution in [3.05, 3.63) is 17.4 Å². The van der Waals surface area contributed by atoms with E-state index in [1.54, 1.807) is 17.1 Å². The van der Waals surface area contributed by atoms with E-state index >= 15 is 0 Å². The Morgan fingerprint density at radius 1 is 1.67 bits per heavy atom. The maximum Gasteiger partial charge on any atom is 0.325 e. The summed E-state index contributed by atoms with van der Waals surface area (Å²) in [5.41, 5.74) is -0.638. The molecular formula is C12H20ClN3O2. The molecule has 0 amide bonds. The van der Waals surface area contributed by atoms with Gasteiger partial charge in [-0.05, 0) is 26.3 Å². The minimum atomic E-state index is -0.638. The summed E-state index contributed by atoms with van der Waals surface area (Å²) in [5.74, 6) is -0.233. The highest BCUT2D eigenvalue weighted by Gasteiger charge is 2.32. The third kappa shape index (κ3) is 3.99.